The number of nitrogen functional groups attached to an aromatic ring is 1. The van der Waals surface area contributed by atoms with E-state index in [1.807, 2.05) is 13.8 Å². The molecular formula is C14H23N3O3S. The fraction of sp³-hybridized carbons (Fsp3) is 0.500. The van der Waals surface area contributed by atoms with E-state index in [-0.39, 0.29) is 24.6 Å². The summed E-state index contributed by atoms with van der Waals surface area (Å²) in [6.07, 6.45) is 0.121. The van der Waals surface area contributed by atoms with Gasteiger partial charge in [-0.15, -0.1) is 0 Å². The highest BCUT2D eigenvalue weighted by molar-refractivity contribution is 7.88. The van der Waals surface area contributed by atoms with E-state index in [2.05, 4.69) is 10.0 Å². The second kappa shape index (κ2) is 7.99. The van der Waals surface area contributed by atoms with Crippen molar-refractivity contribution in [2.75, 3.05) is 18.8 Å². The third-order valence-corrected chi connectivity index (χ3v) is 4.12. The fourth-order valence-electron chi connectivity index (χ4n) is 1.65. The molecule has 0 saturated heterocycles. The Bertz CT molecular complexity index is 571. The smallest absolute Gasteiger partial charge is 0.221 e. The van der Waals surface area contributed by atoms with Gasteiger partial charge in [-0.25, -0.2) is 13.1 Å². The van der Waals surface area contributed by atoms with Gasteiger partial charge in [-0.05, 0) is 17.5 Å². The van der Waals surface area contributed by atoms with E-state index in [0.29, 0.717) is 23.7 Å². The fourth-order valence-corrected chi connectivity index (χ4v) is 2.84. The number of nitrogens with two attached hydrogens (primary N) is 1. The molecule has 6 nitrogen and oxygen atoms in total. The monoisotopic (exact) mass is 313 g/mol. The molecule has 1 aromatic rings. The van der Waals surface area contributed by atoms with E-state index in [0.717, 1.165) is 0 Å². The Morgan fingerprint density at radius 3 is 2.57 bits per heavy atom. The van der Waals surface area contributed by atoms with Crippen molar-refractivity contribution in [1.82, 2.24) is 10.0 Å². The van der Waals surface area contributed by atoms with Gasteiger partial charge in [-0.2, -0.15) is 0 Å². The molecule has 0 fully saturated rings. The highest BCUT2D eigenvalue weighted by atomic mass is 32.2. The van der Waals surface area contributed by atoms with E-state index in [1.165, 1.54) is 0 Å². The first kappa shape index (κ1) is 17.5. The second-order valence-corrected chi connectivity index (χ2v) is 7.11. The SMILES string of the molecule is CC(C)CNC(=O)CCNS(=O)(=O)Cc1ccccc1N. The van der Waals surface area contributed by atoms with Gasteiger partial charge >= 0.3 is 0 Å². The van der Waals surface area contributed by atoms with Crippen LogP contribution in [0.3, 0.4) is 0 Å². The van der Waals surface area contributed by atoms with Crippen LogP contribution in [0, 0.1) is 5.92 Å². The third-order valence-electron chi connectivity index (χ3n) is 2.78. The summed E-state index contributed by atoms with van der Waals surface area (Å²) in [6, 6.07) is 6.81. The first-order valence-electron chi connectivity index (χ1n) is 6.87. The van der Waals surface area contributed by atoms with Crippen LogP contribution in [0.4, 0.5) is 5.69 Å². The van der Waals surface area contributed by atoms with Crippen LogP contribution in [0.5, 0.6) is 0 Å². The average molecular weight is 313 g/mol. The number of sulfonamides is 1. The van der Waals surface area contributed by atoms with Gasteiger partial charge in [0.2, 0.25) is 15.9 Å². The molecule has 1 rings (SSSR count). The molecule has 118 valence electrons. The first-order chi connectivity index (χ1) is 9.80. The van der Waals surface area contributed by atoms with E-state index >= 15 is 0 Å². The normalized spacial score (nSPS) is 11.6. The largest absolute Gasteiger partial charge is 0.398 e. The van der Waals surface area contributed by atoms with Crippen molar-refractivity contribution in [3.8, 4) is 0 Å². The predicted octanol–water partition coefficient (Wildman–Crippen LogP) is 0.851. The van der Waals surface area contributed by atoms with Gasteiger partial charge in [0.05, 0.1) is 5.75 Å². The summed E-state index contributed by atoms with van der Waals surface area (Å²) in [5.74, 6) is 0.0186. The number of hydrogen-bond acceptors (Lipinski definition) is 4. The molecule has 0 bridgehead atoms. The van der Waals surface area contributed by atoms with Gasteiger partial charge in [0, 0.05) is 25.2 Å². The van der Waals surface area contributed by atoms with E-state index < -0.39 is 10.0 Å². The Morgan fingerprint density at radius 2 is 1.95 bits per heavy atom. The van der Waals surface area contributed by atoms with Crippen molar-refractivity contribution in [3.63, 3.8) is 0 Å². The Labute approximate surface area is 126 Å². The summed E-state index contributed by atoms with van der Waals surface area (Å²) >= 11 is 0. The lowest BCUT2D eigenvalue weighted by molar-refractivity contribution is -0.121. The lowest BCUT2D eigenvalue weighted by atomic mass is 10.2. The van der Waals surface area contributed by atoms with Crippen LogP contribution in [0.1, 0.15) is 25.8 Å². The molecule has 4 N–H and O–H groups in total. The van der Waals surface area contributed by atoms with Crippen LogP contribution in [-0.2, 0) is 20.6 Å². The Balaban J connectivity index is 2.40. The van der Waals surface area contributed by atoms with Gasteiger partial charge in [0.15, 0.2) is 0 Å². The Kier molecular flexibility index (Phi) is 6.64. The van der Waals surface area contributed by atoms with Crippen LogP contribution in [-0.4, -0.2) is 27.4 Å². The highest BCUT2D eigenvalue weighted by Crippen LogP contribution is 2.13. The summed E-state index contributed by atoms with van der Waals surface area (Å²) in [5, 5.41) is 2.73. The molecule has 0 unspecified atom stereocenters. The van der Waals surface area contributed by atoms with Gasteiger partial charge in [0.25, 0.3) is 0 Å². The zero-order valence-electron chi connectivity index (χ0n) is 12.4. The number of para-hydroxylation sites is 1. The van der Waals surface area contributed by atoms with Gasteiger partial charge in [-0.3, -0.25) is 4.79 Å². The first-order valence-corrected chi connectivity index (χ1v) is 8.53. The summed E-state index contributed by atoms with van der Waals surface area (Å²) in [5.41, 5.74) is 6.71. The van der Waals surface area contributed by atoms with Gasteiger partial charge < -0.3 is 11.1 Å². The minimum atomic E-state index is -3.49. The Hall–Kier alpha value is -1.60. The molecule has 0 aliphatic heterocycles. The maximum atomic E-state index is 11.9. The van der Waals surface area contributed by atoms with Gasteiger partial charge in [-0.1, -0.05) is 32.0 Å². The average Bonchev–Trinajstić information content (AvgIpc) is 2.38. The summed E-state index contributed by atoms with van der Waals surface area (Å²) in [4.78, 5) is 11.5. The van der Waals surface area contributed by atoms with E-state index in [9.17, 15) is 13.2 Å². The van der Waals surface area contributed by atoms with Crippen LogP contribution in [0.15, 0.2) is 24.3 Å². The summed E-state index contributed by atoms with van der Waals surface area (Å²) < 4.78 is 26.2. The molecule has 1 amide bonds. The molecule has 0 saturated carbocycles. The number of rotatable bonds is 8. The number of carbonyl (C=O) groups is 1. The topological polar surface area (TPSA) is 101 Å². The standard InChI is InChI=1S/C14H23N3O3S/c1-11(2)9-16-14(18)7-8-17-21(19,20)10-12-5-3-4-6-13(12)15/h3-6,11,17H,7-10,15H2,1-2H3,(H,16,18). The number of carbonyl (C=O) groups excluding carboxylic acids is 1. The van der Waals surface area contributed by atoms with Crippen LogP contribution >= 0.6 is 0 Å². The predicted molar refractivity (Wildman–Crippen MR) is 83.9 cm³/mol. The molecule has 21 heavy (non-hydrogen) atoms. The van der Waals surface area contributed by atoms with Crippen molar-refractivity contribution >= 4 is 21.6 Å². The summed E-state index contributed by atoms with van der Waals surface area (Å²) in [7, 11) is -3.49. The van der Waals surface area contributed by atoms with Crippen molar-refractivity contribution in [2.24, 2.45) is 5.92 Å². The molecule has 1 aromatic carbocycles. The minimum Gasteiger partial charge on any atom is -0.398 e. The lowest BCUT2D eigenvalue weighted by Crippen LogP contribution is -2.33. The number of anilines is 1. The number of amides is 1. The molecule has 0 aliphatic rings. The number of hydrogen-bond donors (Lipinski definition) is 3. The van der Waals surface area contributed by atoms with E-state index in [1.54, 1.807) is 24.3 Å². The zero-order valence-corrected chi connectivity index (χ0v) is 13.2. The van der Waals surface area contributed by atoms with Crippen molar-refractivity contribution in [3.05, 3.63) is 29.8 Å². The highest BCUT2D eigenvalue weighted by Gasteiger charge is 2.13. The molecular weight excluding hydrogens is 290 g/mol. The van der Waals surface area contributed by atoms with E-state index in [4.69, 9.17) is 5.73 Å². The second-order valence-electron chi connectivity index (χ2n) is 5.30. The zero-order chi connectivity index (χ0) is 15.9. The van der Waals surface area contributed by atoms with Crippen molar-refractivity contribution in [2.45, 2.75) is 26.0 Å². The van der Waals surface area contributed by atoms with Crippen LogP contribution < -0.4 is 15.8 Å². The molecule has 0 spiro atoms. The summed E-state index contributed by atoms with van der Waals surface area (Å²) in [6.45, 7) is 4.66. The third kappa shape index (κ3) is 7.10. The van der Waals surface area contributed by atoms with Crippen molar-refractivity contribution < 1.29 is 13.2 Å². The lowest BCUT2D eigenvalue weighted by Gasteiger charge is -2.10. The Morgan fingerprint density at radius 1 is 1.29 bits per heavy atom. The quantitative estimate of drug-likeness (QED) is 0.619. The maximum absolute atomic E-state index is 11.9. The number of nitrogens with one attached hydrogen (secondary N) is 2. The minimum absolute atomic E-state index is 0.0823. The van der Waals surface area contributed by atoms with Crippen molar-refractivity contribution in [1.29, 1.82) is 0 Å². The molecule has 0 radical (unpaired) electrons. The van der Waals surface area contributed by atoms with Crippen LogP contribution in [0.25, 0.3) is 0 Å². The molecule has 0 atom stereocenters. The maximum Gasteiger partial charge on any atom is 0.221 e. The molecule has 0 aromatic heterocycles. The number of benzene rings is 1. The molecule has 0 aliphatic carbocycles. The van der Waals surface area contributed by atoms with Gasteiger partial charge in [0.1, 0.15) is 0 Å². The molecule has 0 heterocycles. The molecule has 7 heteroatoms. The van der Waals surface area contributed by atoms with Crippen LogP contribution in [0.2, 0.25) is 0 Å².